The van der Waals surface area contributed by atoms with Crippen LogP contribution in [0.3, 0.4) is 0 Å². The third kappa shape index (κ3) is 9.22. The van der Waals surface area contributed by atoms with Gasteiger partial charge in [0.25, 0.3) is 0 Å². The largest absolute Gasteiger partial charge is 0.490 e. The zero-order valence-corrected chi connectivity index (χ0v) is 17.6. The molecule has 0 unspecified atom stereocenters. The lowest BCUT2D eigenvalue weighted by Crippen LogP contribution is -2.38. The van der Waals surface area contributed by atoms with E-state index in [1.54, 1.807) is 0 Å². The fraction of sp³-hybridized carbons (Fsp3) is 0.650. The second kappa shape index (κ2) is 14.6. The number of benzene rings is 1. The summed E-state index contributed by atoms with van der Waals surface area (Å²) in [4.78, 5) is 4.64. The lowest BCUT2D eigenvalue weighted by Gasteiger charge is -2.14. The van der Waals surface area contributed by atoms with Crippen molar-refractivity contribution in [3.8, 4) is 11.5 Å². The van der Waals surface area contributed by atoms with Crippen LogP contribution in [0, 0.1) is 0 Å². The molecule has 0 atom stereocenters. The van der Waals surface area contributed by atoms with Gasteiger partial charge in [-0.05, 0) is 69.7 Å². The van der Waals surface area contributed by atoms with Crippen LogP contribution in [-0.2, 0) is 6.42 Å². The Hall–Kier alpha value is -1.56. The predicted octanol–water partition coefficient (Wildman–Crippen LogP) is 3.72. The summed E-state index contributed by atoms with van der Waals surface area (Å²) in [7, 11) is 0. The number of hydrogen-bond acceptors (Lipinski definition) is 4. The average molecular weight is 382 g/mol. The van der Waals surface area contributed by atoms with Gasteiger partial charge in [0.05, 0.1) is 13.2 Å². The van der Waals surface area contributed by atoms with Gasteiger partial charge in [0, 0.05) is 19.6 Å². The molecule has 0 saturated heterocycles. The van der Waals surface area contributed by atoms with Crippen LogP contribution in [-0.4, -0.2) is 50.8 Å². The van der Waals surface area contributed by atoms with E-state index in [4.69, 9.17) is 9.47 Å². The van der Waals surface area contributed by atoms with Crippen LogP contribution in [0.5, 0.6) is 11.5 Å². The summed E-state index contributed by atoms with van der Waals surface area (Å²) in [6.07, 6.45) is 5.40. The van der Waals surface area contributed by atoms with Crippen molar-refractivity contribution in [2.75, 3.05) is 44.9 Å². The van der Waals surface area contributed by atoms with Gasteiger partial charge in [0.2, 0.25) is 0 Å². The summed E-state index contributed by atoms with van der Waals surface area (Å²) in [6, 6.07) is 6.17. The molecular weight excluding hydrogens is 346 g/mol. The van der Waals surface area contributed by atoms with Gasteiger partial charge in [-0.2, -0.15) is 11.8 Å². The van der Waals surface area contributed by atoms with Crippen LogP contribution in [0.2, 0.25) is 0 Å². The number of rotatable bonds is 13. The number of nitrogens with one attached hydrogen (secondary N) is 2. The first-order chi connectivity index (χ1) is 12.7. The monoisotopic (exact) mass is 381 g/mol. The van der Waals surface area contributed by atoms with E-state index in [1.165, 1.54) is 17.7 Å². The van der Waals surface area contributed by atoms with Crippen molar-refractivity contribution < 1.29 is 9.47 Å². The quantitative estimate of drug-likeness (QED) is 0.310. The third-order valence-corrected chi connectivity index (χ3v) is 4.38. The number of aliphatic imine (C=N–C) groups is 1. The molecule has 0 bridgehead atoms. The van der Waals surface area contributed by atoms with Gasteiger partial charge in [0.15, 0.2) is 17.5 Å². The topological polar surface area (TPSA) is 54.9 Å². The fourth-order valence-electron chi connectivity index (χ4n) is 2.47. The molecule has 1 rings (SSSR count). The normalized spacial score (nSPS) is 11.3. The summed E-state index contributed by atoms with van der Waals surface area (Å²) < 4.78 is 11.3. The van der Waals surface area contributed by atoms with Gasteiger partial charge in [0.1, 0.15) is 0 Å². The van der Waals surface area contributed by atoms with Crippen LogP contribution in [0.25, 0.3) is 0 Å². The molecule has 0 amide bonds. The Kier molecular flexibility index (Phi) is 12.6. The first-order valence-electron chi connectivity index (χ1n) is 9.64. The molecule has 2 N–H and O–H groups in total. The molecule has 0 heterocycles. The molecule has 0 fully saturated rings. The van der Waals surface area contributed by atoms with Crippen molar-refractivity contribution in [2.24, 2.45) is 4.99 Å². The van der Waals surface area contributed by atoms with Crippen molar-refractivity contribution in [3.63, 3.8) is 0 Å². The van der Waals surface area contributed by atoms with Gasteiger partial charge >= 0.3 is 0 Å². The maximum absolute atomic E-state index is 5.70. The number of ether oxygens (including phenoxy) is 2. The summed E-state index contributed by atoms with van der Waals surface area (Å²) in [5.41, 5.74) is 1.22. The Labute approximate surface area is 163 Å². The second-order valence-corrected chi connectivity index (χ2v) is 6.77. The lowest BCUT2D eigenvalue weighted by atomic mass is 10.1. The summed E-state index contributed by atoms with van der Waals surface area (Å²) in [5.74, 6) is 3.74. The van der Waals surface area contributed by atoms with Crippen molar-refractivity contribution in [3.05, 3.63) is 23.8 Å². The van der Waals surface area contributed by atoms with Crippen molar-refractivity contribution in [2.45, 2.75) is 40.0 Å². The van der Waals surface area contributed by atoms with Gasteiger partial charge in [-0.15, -0.1) is 0 Å². The molecule has 148 valence electrons. The average Bonchev–Trinajstić information content (AvgIpc) is 2.64. The van der Waals surface area contributed by atoms with Gasteiger partial charge in [-0.25, -0.2) is 0 Å². The molecule has 26 heavy (non-hydrogen) atoms. The Balaban J connectivity index is 2.52. The number of nitrogens with zero attached hydrogens (tertiary/aromatic N) is 1. The molecule has 5 nitrogen and oxygen atoms in total. The molecule has 0 radical (unpaired) electrons. The number of hydrogen-bond donors (Lipinski definition) is 2. The molecule has 0 spiro atoms. The zero-order valence-electron chi connectivity index (χ0n) is 16.8. The van der Waals surface area contributed by atoms with E-state index >= 15 is 0 Å². The van der Waals surface area contributed by atoms with Crippen LogP contribution in [0.4, 0.5) is 0 Å². The fourth-order valence-corrected chi connectivity index (χ4v) is 2.96. The summed E-state index contributed by atoms with van der Waals surface area (Å²) >= 11 is 1.89. The minimum atomic E-state index is 0.634. The van der Waals surface area contributed by atoms with E-state index in [9.17, 15) is 0 Å². The van der Waals surface area contributed by atoms with E-state index in [0.717, 1.165) is 49.9 Å². The first-order valence-corrected chi connectivity index (χ1v) is 11.0. The van der Waals surface area contributed by atoms with Gasteiger partial charge in [-0.1, -0.05) is 6.07 Å². The SMILES string of the molecule is CCNC(=NCCCCSC)NCCc1ccc(OCC)c(OCC)c1. The molecule has 0 aliphatic rings. The van der Waals surface area contributed by atoms with Crippen molar-refractivity contribution in [1.82, 2.24) is 10.6 Å². The third-order valence-electron chi connectivity index (χ3n) is 3.68. The molecule has 1 aromatic rings. The van der Waals surface area contributed by atoms with Gasteiger partial charge < -0.3 is 20.1 Å². The van der Waals surface area contributed by atoms with Crippen LogP contribution < -0.4 is 20.1 Å². The highest BCUT2D eigenvalue weighted by Crippen LogP contribution is 2.28. The zero-order chi connectivity index (χ0) is 19.0. The summed E-state index contributed by atoms with van der Waals surface area (Å²) in [6.45, 7) is 9.90. The predicted molar refractivity (Wildman–Crippen MR) is 114 cm³/mol. The molecule has 1 aromatic carbocycles. The smallest absolute Gasteiger partial charge is 0.191 e. The Bertz CT molecular complexity index is 524. The molecule has 0 aromatic heterocycles. The van der Waals surface area contributed by atoms with Gasteiger partial charge in [-0.3, -0.25) is 4.99 Å². The Morgan fingerprint density at radius 1 is 1.04 bits per heavy atom. The minimum absolute atomic E-state index is 0.634. The number of thioether (sulfide) groups is 1. The van der Waals surface area contributed by atoms with Crippen LogP contribution in [0.1, 0.15) is 39.2 Å². The highest BCUT2D eigenvalue weighted by molar-refractivity contribution is 7.98. The standard InChI is InChI=1S/C20H35N3O2S/c1-5-21-20(22-13-8-9-15-26-4)23-14-12-17-10-11-18(24-6-2)19(16-17)25-7-3/h10-11,16H,5-9,12-15H2,1-4H3,(H2,21,22,23). The Morgan fingerprint density at radius 3 is 2.50 bits per heavy atom. The second-order valence-electron chi connectivity index (χ2n) is 5.78. The lowest BCUT2D eigenvalue weighted by molar-refractivity contribution is 0.287. The summed E-state index contributed by atoms with van der Waals surface area (Å²) in [5, 5.41) is 6.72. The highest BCUT2D eigenvalue weighted by Gasteiger charge is 2.06. The molecular formula is C20H35N3O2S. The maximum Gasteiger partial charge on any atom is 0.191 e. The van der Waals surface area contributed by atoms with E-state index < -0.39 is 0 Å². The number of guanidine groups is 1. The number of unbranched alkanes of at least 4 members (excludes halogenated alkanes) is 1. The molecule has 6 heteroatoms. The molecule has 0 saturated carbocycles. The first kappa shape index (κ1) is 22.5. The van der Waals surface area contributed by atoms with E-state index in [0.29, 0.717) is 13.2 Å². The van der Waals surface area contributed by atoms with Crippen LogP contribution >= 0.6 is 11.8 Å². The van der Waals surface area contributed by atoms with Crippen molar-refractivity contribution >= 4 is 17.7 Å². The minimum Gasteiger partial charge on any atom is -0.490 e. The van der Waals surface area contributed by atoms with E-state index in [1.807, 2.05) is 31.7 Å². The van der Waals surface area contributed by atoms with E-state index in [-0.39, 0.29) is 0 Å². The van der Waals surface area contributed by atoms with Crippen molar-refractivity contribution in [1.29, 1.82) is 0 Å². The highest BCUT2D eigenvalue weighted by atomic mass is 32.2. The van der Waals surface area contributed by atoms with E-state index in [2.05, 4.69) is 40.9 Å². The molecule has 0 aliphatic heterocycles. The Morgan fingerprint density at radius 2 is 1.81 bits per heavy atom. The van der Waals surface area contributed by atoms with Crippen LogP contribution in [0.15, 0.2) is 23.2 Å². The molecule has 0 aliphatic carbocycles. The maximum atomic E-state index is 5.70.